The minimum Gasteiger partial charge on any atom is -0.497 e. The lowest BCUT2D eigenvalue weighted by Crippen LogP contribution is -2.20. The number of hydrogen-bond donors (Lipinski definition) is 0. The van der Waals surface area contributed by atoms with Crippen molar-refractivity contribution in [3.8, 4) is 34.0 Å². The van der Waals surface area contributed by atoms with Gasteiger partial charge >= 0.3 is 0 Å². The van der Waals surface area contributed by atoms with Gasteiger partial charge in [-0.05, 0) is 47.4 Å². The monoisotopic (exact) mass is 483 g/mol. The van der Waals surface area contributed by atoms with Gasteiger partial charge in [0, 0.05) is 16.8 Å². The smallest absolute Gasteiger partial charge is 0.196 e. The van der Waals surface area contributed by atoms with Crippen molar-refractivity contribution >= 4 is 11.6 Å². The van der Waals surface area contributed by atoms with Gasteiger partial charge < -0.3 is 9.30 Å². The maximum atomic E-state index is 14.1. The maximum absolute atomic E-state index is 14.1. The van der Waals surface area contributed by atoms with E-state index in [2.05, 4.69) is 23.6 Å². The van der Waals surface area contributed by atoms with Crippen molar-refractivity contribution in [1.82, 2.24) is 4.57 Å². The van der Waals surface area contributed by atoms with Crippen LogP contribution < -0.4 is 4.74 Å². The molecule has 0 bridgehead atoms. The molecular formula is C33H25NO3. The largest absolute Gasteiger partial charge is 0.497 e. The quantitative estimate of drug-likeness (QED) is 0.261. The SMILES string of the molecule is CCc1ccc(-c2c3c(c(-c4ccccc4)n2-c2ccc(OC)cc2)C(=O)c2ccccc2C3=O)cc1. The molecule has 0 atom stereocenters. The molecule has 0 unspecified atom stereocenters. The average molecular weight is 484 g/mol. The fourth-order valence-electron chi connectivity index (χ4n) is 5.19. The molecule has 180 valence electrons. The highest BCUT2D eigenvalue weighted by Gasteiger charge is 2.39. The molecule has 4 heteroatoms. The van der Waals surface area contributed by atoms with E-state index in [0.29, 0.717) is 27.9 Å². The Hall–Kier alpha value is -4.70. The number of ether oxygens (including phenoxy) is 1. The minimum absolute atomic E-state index is 0.135. The van der Waals surface area contributed by atoms with Gasteiger partial charge in [-0.2, -0.15) is 0 Å². The molecule has 6 rings (SSSR count). The normalized spacial score (nSPS) is 12.3. The molecule has 1 aromatic heterocycles. The van der Waals surface area contributed by atoms with Crippen molar-refractivity contribution < 1.29 is 14.3 Å². The van der Waals surface area contributed by atoms with Crippen LogP contribution in [0.25, 0.3) is 28.2 Å². The number of fused-ring (bicyclic) bond motifs is 2. The predicted octanol–water partition coefficient (Wildman–Crippen LogP) is 7.16. The average Bonchev–Trinajstić information content (AvgIpc) is 3.33. The lowest BCUT2D eigenvalue weighted by Gasteiger charge is -2.16. The fraction of sp³-hybridized carbons (Fsp3) is 0.0909. The van der Waals surface area contributed by atoms with Gasteiger partial charge in [-0.15, -0.1) is 0 Å². The number of methoxy groups -OCH3 is 1. The number of carbonyl (C=O) groups is 2. The van der Waals surface area contributed by atoms with Crippen LogP contribution in [0.1, 0.15) is 44.3 Å². The topological polar surface area (TPSA) is 48.3 Å². The van der Waals surface area contributed by atoms with E-state index in [0.717, 1.165) is 34.7 Å². The number of aromatic nitrogens is 1. The van der Waals surface area contributed by atoms with Crippen LogP contribution >= 0.6 is 0 Å². The Morgan fingerprint density at radius 2 is 1.14 bits per heavy atom. The van der Waals surface area contributed by atoms with E-state index >= 15 is 0 Å². The lowest BCUT2D eigenvalue weighted by atomic mass is 9.82. The third-order valence-corrected chi connectivity index (χ3v) is 7.05. The summed E-state index contributed by atoms with van der Waals surface area (Å²) in [6.45, 7) is 2.11. The van der Waals surface area contributed by atoms with Crippen molar-refractivity contribution in [2.24, 2.45) is 0 Å². The second-order valence-corrected chi connectivity index (χ2v) is 9.10. The molecule has 0 amide bonds. The highest BCUT2D eigenvalue weighted by Crippen LogP contribution is 2.44. The van der Waals surface area contributed by atoms with Gasteiger partial charge in [-0.3, -0.25) is 9.59 Å². The lowest BCUT2D eigenvalue weighted by molar-refractivity contribution is 0.0981. The molecule has 4 aromatic carbocycles. The van der Waals surface area contributed by atoms with Crippen molar-refractivity contribution in [3.63, 3.8) is 0 Å². The van der Waals surface area contributed by atoms with Crippen molar-refractivity contribution in [2.45, 2.75) is 13.3 Å². The van der Waals surface area contributed by atoms with Crippen LogP contribution in [0.4, 0.5) is 0 Å². The predicted molar refractivity (Wildman–Crippen MR) is 146 cm³/mol. The van der Waals surface area contributed by atoms with E-state index in [9.17, 15) is 9.59 Å². The number of aryl methyl sites for hydroxylation is 1. The number of carbonyl (C=O) groups excluding carboxylic acids is 2. The third kappa shape index (κ3) is 3.61. The van der Waals surface area contributed by atoms with Crippen LogP contribution in [-0.4, -0.2) is 23.2 Å². The summed E-state index contributed by atoms with van der Waals surface area (Å²) < 4.78 is 7.46. The van der Waals surface area contributed by atoms with Gasteiger partial charge in [0.05, 0.1) is 29.6 Å². The molecule has 0 spiro atoms. The molecule has 1 aliphatic carbocycles. The van der Waals surface area contributed by atoms with E-state index in [4.69, 9.17) is 4.74 Å². The van der Waals surface area contributed by atoms with Crippen molar-refractivity contribution in [2.75, 3.05) is 7.11 Å². The summed E-state index contributed by atoms with van der Waals surface area (Å²) in [5, 5.41) is 0. The van der Waals surface area contributed by atoms with E-state index in [1.54, 1.807) is 19.2 Å². The van der Waals surface area contributed by atoms with Crippen molar-refractivity contribution in [1.29, 1.82) is 0 Å². The summed E-state index contributed by atoms with van der Waals surface area (Å²) in [6.07, 6.45) is 0.915. The molecular weight excluding hydrogens is 458 g/mol. The Morgan fingerprint density at radius 1 is 0.622 bits per heavy atom. The summed E-state index contributed by atoms with van der Waals surface area (Å²) in [4.78, 5) is 28.2. The molecule has 37 heavy (non-hydrogen) atoms. The van der Waals surface area contributed by atoms with Crippen LogP contribution in [0.5, 0.6) is 5.75 Å². The van der Waals surface area contributed by atoms with E-state index in [-0.39, 0.29) is 11.6 Å². The molecule has 0 N–H and O–H groups in total. The standard InChI is InChI=1S/C33H25NO3/c1-3-21-13-15-23(16-14-21)31-29-28(32(35)26-11-7-8-12-27(26)33(29)36)30(22-9-5-4-6-10-22)34(31)24-17-19-25(37-2)20-18-24/h4-20H,3H2,1-2H3. The Morgan fingerprint density at radius 3 is 1.65 bits per heavy atom. The highest BCUT2D eigenvalue weighted by atomic mass is 16.5. The summed E-state index contributed by atoms with van der Waals surface area (Å²) in [5.74, 6) is 0.460. The van der Waals surface area contributed by atoms with Gasteiger partial charge in [0.15, 0.2) is 11.6 Å². The Bertz CT molecular complexity index is 1640. The summed E-state index contributed by atoms with van der Waals surface area (Å²) in [5.41, 5.74) is 7.00. The summed E-state index contributed by atoms with van der Waals surface area (Å²) in [7, 11) is 1.63. The third-order valence-electron chi connectivity index (χ3n) is 7.05. The zero-order valence-electron chi connectivity index (χ0n) is 20.7. The molecule has 0 saturated carbocycles. The van der Waals surface area contributed by atoms with Gasteiger partial charge in [-0.1, -0.05) is 85.8 Å². The summed E-state index contributed by atoms with van der Waals surface area (Å²) >= 11 is 0. The first kappa shape index (κ1) is 22.7. The van der Waals surface area contributed by atoms with Gasteiger partial charge in [0.25, 0.3) is 0 Å². The fourth-order valence-corrected chi connectivity index (χ4v) is 5.19. The van der Waals surface area contributed by atoms with E-state index in [1.165, 1.54) is 5.56 Å². The van der Waals surface area contributed by atoms with Crippen LogP contribution in [0.15, 0.2) is 103 Å². The van der Waals surface area contributed by atoms with Gasteiger partial charge in [0.1, 0.15) is 5.75 Å². The molecule has 0 radical (unpaired) electrons. The number of benzene rings is 4. The Kier molecular flexibility index (Phi) is 5.57. The number of hydrogen-bond acceptors (Lipinski definition) is 3. The zero-order valence-corrected chi connectivity index (χ0v) is 20.7. The number of rotatable bonds is 5. The van der Waals surface area contributed by atoms with E-state index in [1.807, 2.05) is 78.9 Å². The number of ketones is 2. The minimum atomic E-state index is -0.136. The Balaban J connectivity index is 1.76. The molecule has 5 aromatic rings. The first-order valence-corrected chi connectivity index (χ1v) is 12.4. The first-order valence-electron chi connectivity index (χ1n) is 12.4. The van der Waals surface area contributed by atoms with E-state index < -0.39 is 0 Å². The zero-order chi connectivity index (χ0) is 25.5. The molecule has 0 saturated heterocycles. The maximum Gasteiger partial charge on any atom is 0.196 e. The molecule has 0 fully saturated rings. The molecule has 1 heterocycles. The number of nitrogens with zero attached hydrogens (tertiary/aromatic N) is 1. The summed E-state index contributed by atoms with van der Waals surface area (Å²) in [6, 6.07) is 32.9. The molecule has 0 aliphatic heterocycles. The molecule has 4 nitrogen and oxygen atoms in total. The van der Waals surface area contributed by atoms with Crippen LogP contribution in [0.3, 0.4) is 0 Å². The Labute approximate surface area is 215 Å². The van der Waals surface area contributed by atoms with Gasteiger partial charge in [0.2, 0.25) is 0 Å². The van der Waals surface area contributed by atoms with Crippen molar-refractivity contribution in [3.05, 3.63) is 131 Å². The van der Waals surface area contributed by atoms with Crippen LogP contribution in [0, 0.1) is 0 Å². The first-order chi connectivity index (χ1) is 18.1. The second kappa shape index (κ2) is 9.07. The molecule has 1 aliphatic rings. The second-order valence-electron chi connectivity index (χ2n) is 9.10. The van der Waals surface area contributed by atoms with Gasteiger partial charge in [-0.25, -0.2) is 0 Å². The van der Waals surface area contributed by atoms with Crippen LogP contribution in [0.2, 0.25) is 0 Å². The van der Waals surface area contributed by atoms with Crippen LogP contribution in [-0.2, 0) is 6.42 Å². The highest BCUT2D eigenvalue weighted by molar-refractivity contribution is 6.32.